The van der Waals surface area contributed by atoms with E-state index in [1.54, 1.807) is 0 Å². The Balaban J connectivity index is 2.13. The molecule has 0 amide bonds. The highest BCUT2D eigenvalue weighted by Gasteiger charge is 2.41. The van der Waals surface area contributed by atoms with E-state index in [0.717, 1.165) is 24.5 Å². The van der Waals surface area contributed by atoms with E-state index in [9.17, 15) is 4.79 Å². The lowest BCUT2D eigenvalue weighted by Gasteiger charge is -2.31. The zero-order chi connectivity index (χ0) is 15.6. The maximum Gasteiger partial charge on any atom is 0.326 e. The van der Waals surface area contributed by atoms with Gasteiger partial charge in [-0.2, -0.15) is 5.10 Å². The van der Waals surface area contributed by atoms with Crippen LogP contribution in [-0.2, 0) is 9.53 Å². The van der Waals surface area contributed by atoms with Crippen LogP contribution in [-0.4, -0.2) is 38.9 Å². The number of hydrogen-bond acceptors (Lipinski definition) is 5. The van der Waals surface area contributed by atoms with Crippen LogP contribution >= 0.6 is 0 Å². The van der Waals surface area contributed by atoms with E-state index in [2.05, 4.69) is 22.3 Å². The summed E-state index contributed by atoms with van der Waals surface area (Å²) in [4.78, 5) is 16.7. The average Bonchev–Trinajstić information content (AvgIpc) is 3.12. The second-order valence-electron chi connectivity index (χ2n) is 6.18. The molecule has 0 spiro atoms. The van der Waals surface area contributed by atoms with E-state index in [1.807, 2.05) is 32.4 Å². The molecule has 1 aromatic rings. The number of rotatable bonds is 7. The number of carbonyl (C=O) groups is 1. The SMILES string of the molecule is CCOC(=O)C(C)(CC(C)n1nc(C)nc1C)NC1CC1. The van der Waals surface area contributed by atoms with E-state index < -0.39 is 5.54 Å². The van der Waals surface area contributed by atoms with Gasteiger partial charge in [-0.25, -0.2) is 9.67 Å². The Hall–Kier alpha value is -1.43. The fourth-order valence-corrected chi connectivity index (χ4v) is 2.80. The van der Waals surface area contributed by atoms with E-state index in [0.29, 0.717) is 19.1 Å². The van der Waals surface area contributed by atoms with Crippen LogP contribution in [0, 0.1) is 13.8 Å². The zero-order valence-corrected chi connectivity index (χ0v) is 13.6. The monoisotopic (exact) mass is 294 g/mol. The van der Waals surface area contributed by atoms with Crippen LogP contribution in [0.1, 0.15) is 57.7 Å². The highest BCUT2D eigenvalue weighted by Crippen LogP contribution is 2.28. The number of ether oxygens (including phenoxy) is 1. The van der Waals surface area contributed by atoms with Crippen LogP contribution in [0.2, 0.25) is 0 Å². The molecule has 2 unspecified atom stereocenters. The number of aromatic nitrogens is 3. The first-order valence-corrected chi connectivity index (χ1v) is 7.70. The lowest BCUT2D eigenvalue weighted by Crippen LogP contribution is -2.52. The number of esters is 1. The molecule has 1 N–H and O–H groups in total. The molecule has 2 atom stereocenters. The van der Waals surface area contributed by atoms with Gasteiger partial charge in [-0.05, 0) is 53.9 Å². The maximum atomic E-state index is 12.4. The van der Waals surface area contributed by atoms with Crippen LogP contribution in [0.3, 0.4) is 0 Å². The molecule has 1 heterocycles. The van der Waals surface area contributed by atoms with Gasteiger partial charge in [-0.3, -0.25) is 10.1 Å². The van der Waals surface area contributed by atoms with Crippen LogP contribution in [0.15, 0.2) is 0 Å². The van der Waals surface area contributed by atoms with Crippen molar-refractivity contribution in [1.82, 2.24) is 20.1 Å². The molecular weight excluding hydrogens is 268 g/mol. The van der Waals surface area contributed by atoms with E-state index in [4.69, 9.17) is 4.74 Å². The number of nitrogens with zero attached hydrogens (tertiary/aromatic N) is 3. The lowest BCUT2D eigenvalue weighted by atomic mass is 9.93. The molecule has 1 aliphatic rings. The van der Waals surface area contributed by atoms with E-state index in [1.165, 1.54) is 0 Å². The van der Waals surface area contributed by atoms with Gasteiger partial charge in [0.05, 0.1) is 12.6 Å². The van der Waals surface area contributed by atoms with Gasteiger partial charge in [0.2, 0.25) is 0 Å². The second kappa shape index (κ2) is 6.13. The Kier molecular flexibility index (Phi) is 4.66. The highest BCUT2D eigenvalue weighted by atomic mass is 16.5. The molecule has 6 heteroatoms. The quantitative estimate of drug-likeness (QED) is 0.778. The maximum absolute atomic E-state index is 12.4. The van der Waals surface area contributed by atoms with Gasteiger partial charge in [-0.1, -0.05) is 0 Å². The number of aryl methyl sites for hydroxylation is 2. The van der Waals surface area contributed by atoms with Crippen molar-refractivity contribution in [3.05, 3.63) is 11.6 Å². The predicted octanol–water partition coefficient (Wildman–Crippen LogP) is 1.92. The number of carbonyl (C=O) groups excluding carboxylic acids is 1. The van der Waals surface area contributed by atoms with Crippen molar-refractivity contribution in [3.63, 3.8) is 0 Å². The van der Waals surface area contributed by atoms with Gasteiger partial charge >= 0.3 is 5.97 Å². The molecule has 0 bridgehead atoms. The molecule has 21 heavy (non-hydrogen) atoms. The molecule has 118 valence electrons. The smallest absolute Gasteiger partial charge is 0.326 e. The summed E-state index contributed by atoms with van der Waals surface area (Å²) in [6.45, 7) is 10.0. The van der Waals surface area contributed by atoms with Gasteiger partial charge in [-0.15, -0.1) is 0 Å². The third kappa shape index (κ3) is 3.81. The molecule has 0 saturated heterocycles. The van der Waals surface area contributed by atoms with E-state index >= 15 is 0 Å². The summed E-state index contributed by atoms with van der Waals surface area (Å²) in [5.74, 6) is 1.45. The molecule has 1 aromatic heterocycles. The third-order valence-corrected chi connectivity index (χ3v) is 3.85. The molecule has 0 aliphatic heterocycles. The van der Waals surface area contributed by atoms with Crippen molar-refractivity contribution in [2.45, 2.75) is 71.5 Å². The predicted molar refractivity (Wildman–Crippen MR) is 80.0 cm³/mol. The number of nitrogens with one attached hydrogen (secondary N) is 1. The van der Waals surface area contributed by atoms with Crippen LogP contribution in [0.5, 0.6) is 0 Å². The second-order valence-corrected chi connectivity index (χ2v) is 6.18. The molecule has 0 radical (unpaired) electrons. The summed E-state index contributed by atoms with van der Waals surface area (Å²) in [7, 11) is 0. The largest absolute Gasteiger partial charge is 0.465 e. The Labute approximate surface area is 126 Å². The van der Waals surface area contributed by atoms with E-state index in [-0.39, 0.29) is 12.0 Å². The Morgan fingerprint density at radius 3 is 2.67 bits per heavy atom. The zero-order valence-electron chi connectivity index (χ0n) is 13.6. The lowest BCUT2D eigenvalue weighted by molar-refractivity contribution is -0.151. The summed E-state index contributed by atoms with van der Waals surface area (Å²) in [5.41, 5.74) is -0.678. The van der Waals surface area contributed by atoms with Crippen LogP contribution in [0.4, 0.5) is 0 Å². The minimum atomic E-state index is -0.678. The Morgan fingerprint density at radius 1 is 1.52 bits per heavy atom. The summed E-state index contributed by atoms with van der Waals surface area (Å²) >= 11 is 0. The summed E-state index contributed by atoms with van der Waals surface area (Å²) < 4.78 is 7.15. The van der Waals surface area contributed by atoms with Crippen molar-refractivity contribution in [3.8, 4) is 0 Å². The molecule has 1 saturated carbocycles. The molecule has 2 rings (SSSR count). The summed E-state index contributed by atoms with van der Waals surface area (Å²) in [6.07, 6.45) is 2.89. The summed E-state index contributed by atoms with van der Waals surface area (Å²) in [6, 6.07) is 0.511. The van der Waals surface area contributed by atoms with Crippen molar-refractivity contribution < 1.29 is 9.53 Å². The molecule has 0 aromatic carbocycles. The molecular formula is C15H26N4O2. The van der Waals surface area contributed by atoms with Crippen molar-refractivity contribution in [2.75, 3.05) is 6.61 Å². The van der Waals surface area contributed by atoms with Gasteiger partial charge in [0.15, 0.2) is 0 Å². The standard InChI is InChI=1S/C15H26N4O2/c1-6-21-14(20)15(5,17-13-7-8-13)9-10(2)19-12(4)16-11(3)18-19/h10,13,17H,6-9H2,1-5H3. The fourth-order valence-electron chi connectivity index (χ4n) is 2.80. The Morgan fingerprint density at radius 2 is 2.19 bits per heavy atom. The minimum Gasteiger partial charge on any atom is -0.465 e. The van der Waals surface area contributed by atoms with Gasteiger partial charge in [0.25, 0.3) is 0 Å². The van der Waals surface area contributed by atoms with Crippen molar-refractivity contribution in [2.24, 2.45) is 0 Å². The van der Waals surface area contributed by atoms with Gasteiger partial charge in [0.1, 0.15) is 17.2 Å². The summed E-state index contributed by atoms with van der Waals surface area (Å²) in [5, 5.41) is 7.86. The molecule has 6 nitrogen and oxygen atoms in total. The normalized spacial score (nSPS) is 19.1. The Bertz CT molecular complexity index is 510. The average molecular weight is 294 g/mol. The first kappa shape index (κ1) is 15.9. The first-order chi connectivity index (χ1) is 9.85. The van der Waals surface area contributed by atoms with Crippen LogP contribution < -0.4 is 5.32 Å². The van der Waals surface area contributed by atoms with Gasteiger partial charge in [0, 0.05) is 6.04 Å². The molecule has 1 fully saturated rings. The van der Waals surface area contributed by atoms with Crippen molar-refractivity contribution in [1.29, 1.82) is 0 Å². The van der Waals surface area contributed by atoms with Crippen molar-refractivity contribution >= 4 is 5.97 Å². The fraction of sp³-hybridized carbons (Fsp3) is 0.800. The molecule has 1 aliphatic carbocycles. The first-order valence-electron chi connectivity index (χ1n) is 7.70. The number of hydrogen-bond donors (Lipinski definition) is 1. The third-order valence-electron chi connectivity index (χ3n) is 3.85. The van der Waals surface area contributed by atoms with Crippen LogP contribution in [0.25, 0.3) is 0 Å². The highest BCUT2D eigenvalue weighted by molar-refractivity contribution is 5.80. The topological polar surface area (TPSA) is 69.0 Å². The minimum absolute atomic E-state index is 0.0758. The van der Waals surface area contributed by atoms with Gasteiger partial charge < -0.3 is 4.74 Å².